The van der Waals surface area contributed by atoms with Crippen LogP contribution in [0.5, 0.6) is 0 Å². The van der Waals surface area contributed by atoms with E-state index in [0.29, 0.717) is 5.92 Å². The molecule has 2 aromatic carbocycles. The van der Waals surface area contributed by atoms with Gasteiger partial charge in [0.1, 0.15) is 0 Å². The predicted molar refractivity (Wildman–Crippen MR) is 115 cm³/mol. The highest BCUT2D eigenvalue weighted by Crippen LogP contribution is 2.33. The topological polar surface area (TPSA) is 67.4 Å². The Labute approximate surface area is 172 Å². The second-order valence-electron chi connectivity index (χ2n) is 7.54. The highest BCUT2D eigenvalue weighted by Gasteiger charge is 2.19. The lowest BCUT2D eigenvalue weighted by Crippen LogP contribution is -2.32. The zero-order valence-corrected chi connectivity index (χ0v) is 17.0. The Morgan fingerprint density at radius 2 is 1.69 bits per heavy atom. The van der Waals surface area contributed by atoms with Gasteiger partial charge in [0.05, 0.1) is 19.1 Å². The number of amides is 2. The molecule has 29 heavy (non-hydrogen) atoms. The summed E-state index contributed by atoms with van der Waals surface area (Å²) in [5.41, 5.74) is 3.00. The Balaban J connectivity index is 1.61. The molecule has 0 saturated heterocycles. The second kappa shape index (κ2) is 10.6. The van der Waals surface area contributed by atoms with Gasteiger partial charge in [0.15, 0.2) is 0 Å². The number of carbonyl (C=O) groups is 2. The number of nitrogens with one attached hydrogen (secondary N) is 2. The van der Waals surface area contributed by atoms with Crippen LogP contribution >= 0.6 is 0 Å². The Morgan fingerprint density at radius 3 is 2.34 bits per heavy atom. The van der Waals surface area contributed by atoms with Gasteiger partial charge in [-0.05, 0) is 48.9 Å². The summed E-state index contributed by atoms with van der Waals surface area (Å²) in [7, 11) is 0. The van der Waals surface area contributed by atoms with Crippen molar-refractivity contribution in [2.75, 3.05) is 11.9 Å². The lowest BCUT2D eigenvalue weighted by atomic mass is 9.84. The molecular formula is C24H30N2O3. The number of anilines is 1. The van der Waals surface area contributed by atoms with E-state index >= 15 is 0 Å². The molecule has 2 N–H and O–H groups in total. The van der Waals surface area contributed by atoms with Crippen molar-refractivity contribution in [3.63, 3.8) is 0 Å². The molecule has 5 nitrogen and oxygen atoms in total. The van der Waals surface area contributed by atoms with Crippen LogP contribution in [0.15, 0.2) is 54.6 Å². The molecule has 1 saturated carbocycles. The lowest BCUT2D eigenvalue weighted by Gasteiger charge is -2.22. The van der Waals surface area contributed by atoms with Gasteiger partial charge in [0.2, 0.25) is 5.91 Å². The van der Waals surface area contributed by atoms with Gasteiger partial charge in [-0.1, -0.05) is 61.7 Å². The van der Waals surface area contributed by atoms with Crippen LogP contribution in [0.25, 0.3) is 0 Å². The van der Waals surface area contributed by atoms with E-state index in [0.717, 1.165) is 11.3 Å². The van der Waals surface area contributed by atoms with E-state index in [1.165, 1.54) is 37.7 Å². The minimum atomic E-state index is -0.522. The van der Waals surface area contributed by atoms with E-state index in [9.17, 15) is 9.59 Å². The molecule has 1 aliphatic carbocycles. The maximum atomic E-state index is 12.6. The number of benzene rings is 2. The van der Waals surface area contributed by atoms with Gasteiger partial charge in [-0.15, -0.1) is 0 Å². The summed E-state index contributed by atoms with van der Waals surface area (Å²) in [6.45, 7) is 2.04. The van der Waals surface area contributed by atoms with Crippen molar-refractivity contribution in [1.29, 1.82) is 0 Å². The van der Waals surface area contributed by atoms with Crippen LogP contribution in [0.3, 0.4) is 0 Å². The van der Waals surface area contributed by atoms with Crippen molar-refractivity contribution < 1.29 is 14.3 Å². The fourth-order valence-corrected chi connectivity index (χ4v) is 3.92. The summed E-state index contributed by atoms with van der Waals surface area (Å²) < 4.78 is 4.98. The molecule has 0 spiro atoms. The van der Waals surface area contributed by atoms with Gasteiger partial charge in [-0.2, -0.15) is 0 Å². The Bertz CT molecular complexity index is 784. The number of alkyl carbamates (subject to hydrolysis) is 1. The first-order valence-corrected chi connectivity index (χ1v) is 10.5. The summed E-state index contributed by atoms with van der Waals surface area (Å²) >= 11 is 0. The van der Waals surface area contributed by atoms with Gasteiger partial charge in [-0.25, -0.2) is 4.79 Å². The van der Waals surface area contributed by atoms with Crippen LogP contribution in [0.4, 0.5) is 10.5 Å². The molecule has 2 aromatic rings. The van der Waals surface area contributed by atoms with Gasteiger partial charge in [0, 0.05) is 5.69 Å². The van der Waals surface area contributed by atoms with E-state index in [2.05, 4.69) is 22.8 Å². The zero-order valence-electron chi connectivity index (χ0n) is 17.0. The van der Waals surface area contributed by atoms with Gasteiger partial charge in [-0.3, -0.25) is 4.79 Å². The highest BCUT2D eigenvalue weighted by atomic mass is 16.5. The van der Waals surface area contributed by atoms with E-state index in [1.54, 1.807) is 6.92 Å². The predicted octanol–water partition coefficient (Wildman–Crippen LogP) is 5.55. The van der Waals surface area contributed by atoms with Crippen LogP contribution in [0, 0.1) is 0 Å². The number of rotatable bonds is 7. The third-order valence-electron chi connectivity index (χ3n) is 5.43. The quantitative estimate of drug-likeness (QED) is 0.647. The van der Waals surface area contributed by atoms with Crippen molar-refractivity contribution in [1.82, 2.24) is 5.32 Å². The maximum absolute atomic E-state index is 12.6. The maximum Gasteiger partial charge on any atom is 0.407 e. The van der Waals surface area contributed by atoms with E-state index < -0.39 is 12.1 Å². The fraction of sp³-hybridized carbons (Fsp3) is 0.417. The molecule has 0 aromatic heterocycles. The average Bonchev–Trinajstić information content (AvgIpc) is 2.75. The molecule has 0 aliphatic heterocycles. The number of carbonyl (C=O) groups excluding carboxylic acids is 2. The Hall–Kier alpha value is -2.82. The summed E-state index contributed by atoms with van der Waals surface area (Å²) in [4.78, 5) is 24.5. The molecule has 154 valence electrons. The molecular weight excluding hydrogens is 364 g/mol. The number of hydrogen-bond donors (Lipinski definition) is 2. The second-order valence-corrected chi connectivity index (χ2v) is 7.54. The monoisotopic (exact) mass is 394 g/mol. The van der Waals surface area contributed by atoms with Crippen LogP contribution in [-0.2, 0) is 9.53 Å². The molecule has 2 amide bonds. The SMILES string of the molecule is CCOC(=O)N[C@@H](CC(=O)Nc1ccc(C2CCCCC2)cc1)c1ccccc1. The Morgan fingerprint density at radius 1 is 1.00 bits per heavy atom. The number of ether oxygens (including phenoxy) is 1. The van der Waals surface area contributed by atoms with Gasteiger partial charge >= 0.3 is 6.09 Å². The molecule has 0 radical (unpaired) electrons. The lowest BCUT2D eigenvalue weighted by molar-refractivity contribution is -0.116. The van der Waals surface area contributed by atoms with E-state index in [-0.39, 0.29) is 18.9 Å². The largest absolute Gasteiger partial charge is 0.450 e. The average molecular weight is 395 g/mol. The molecule has 5 heteroatoms. The smallest absolute Gasteiger partial charge is 0.407 e. The third-order valence-corrected chi connectivity index (χ3v) is 5.43. The van der Waals surface area contributed by atoms with Gasteiger partial charge < -0.3 is 15.4 Å². The summed E-state index contributed by atoms with van der Waals surface area (Å²) in [5.74, 6) is 0.491. The third kappa shape index (κ3) is 6.34. The first-order chi connectivity index (χ1) is 14.2. The van der Waals surface area contributed by atoms with Crippen LogP contribution in [0.1, 0.15) is 68.5 Å². The fourth-order valence-electron chi connectivity index (χ4n) is 3.92. The van der Waals surface area contributed by atoms with Crippen molar-refractivity contribution in [3.05, 3.63) is 65.7 Å². The van der Waals surface area contributed by atoms with Crippen molar-refractivity contribution in [2.24, 2.45) is 0 Å². The van der Waals surface area contributed by atoms with Crippen molar-refractivity contribution >= 4 is 17.7 Å². The summed E-state index contributed by atoms with van der Waals surface area (Å²) in [5, 5.41) is 5.73. The van der Waals surface area contributed by atoms with Crippen LogP contribution in [-0.4, -0.2) is 18.6 Å². The van der Waals surface area contributed by atoms with E-state index in [4.69, 9.17) is 4.74 Å². The Kier molecular flexibility index (Phi) is 7.68. The summed E-state index contributed by atoms with van der Waals surface area (Å²) in [6.07, 6.45) is 6.06. The van der Waals surface area contributed by atoms with Crippen molar-refractivity contribution in [2.45, 2.75) is 57.4 Å². The molecule has 1 fully saturated rings. The minimum absolute atomic E-state index is 0.132. The standard InChI is InChI=1S/C24H30N2O3/c1-2-29-24(28)26-22(20-11-7-4-8-12-20)17-23(27)25-21-15-13-19(14-16-21)18-9-5-3-6-10-18/h4,7-8,11-16,18,22H,2-3,5-6,9-10,17H2,1H3,(H,25,27)(H,26,28)/t22-/m0/s1. The molecule has 0 heterocycles. The van der Waals surface area contributed by atoms with Gasteiger partial charge in [0.25, 0.3) is 0 Å². The first-order valence-electron chi connectivity index (χ1n) is 10.5. The first kappa shape index (κ1) is 20.9. The highest BCUT2D eigenvalue weighted by molar-refractivity contribution is 5.91. The number of hydrogen-bond acceptors (Lipinski definition) is 3. The molecule has 1 atom stereocenters. The molecule has 1 aliphatic rings. The molecule has 0 bridgehead atoms. The normalized spacial score (nSPS) is 15.3. The van der Waals surface area contributed by atoms with Crippen molar-refractivity contribution in [3.8, 4) is 0 Å². The van der Waals surface area contributed by atoms with Crippen LogP contribution in [0.2, 0.25) is 0 Å². The zero-order chi connectivity index (χ0) is 20.5. The minimum Gasteiger partial charge on any atom is -0.450 e. The summed E-state index contributed by atoms with van der Waals surface area (Å²) in [6, 6.07) is 17.2. The molecule has 0 unspecified atom stereocenters. The van der Waals surface area contributed by atoms with Crippen LogP contribution < -0.4 is 10.6 Å². The molecule has 3 rings (SSSR count). The van der Waals surface area contributed by atoms with E-state index in [1.807, 2.05) is 42.5 Å².